The number of hydrogen-bond donors (Lipinski definition) is 1. The van der Waals surface area contributed by atoms with Gasteiger partial charge < -0.3 is 15.0 Å². The molecule has 0 radical (unpaired) electrons. The van der Waals surface area contributed by atoms with Gasteiger partial charge in [-0.2, -0.15) is 0 Å². The molecule has 112 valence electrons. The van der Waals surface area contributed by atoms with Gasteiger partial charge in [0.25, 0.3) is 0 Å². The molecule has 1 aliphatic rings. The minimum Gasteiger partial charge on any atom is -0.490 e. The average Bonchev–Trinajstić information content (AvgIpc) is 2.44. The molecule has 1 aliphatic carbocycles. The molecule has 0 atom stereocenters. The highest BCUT2D eigenvalue weighted by Crippen LogP contribution is 2.34. The number of ether oxygens (including phenoxy) is 1. The van der Waals surface area contributed by atoms with Gasteiger partial charge in [-0.1, -0.05) is 13.3 Å². The second-order valence-corrected chi connectivity index (χ2v) is 5.34. The Kier molecular flexibility index (Phi) is 5.44. The van der Waals surface area contributed by atoms with Crippen LogP contribution < -0.4 is 15.0 Å². The molecular formula is C15H26N4O. The summed E-state index contributed by atoms with van der Waals surface area (Å²) in [5.74, 6) is 3.28. The topological polar surface area (TPSA) is 50.3 Å². The van der Waals surface area contributed by atoms with E-state index in [1.54, 1.807) is 13.4 Å². The van der Waals surface area contributed by atoms with Crippen molar-refractivity contribution in [3.63, 3.8) is 0 Å². The number of rotatable bonds is 8. The van der Waals surface area contributed by atoms with Crippen molar-refractivity contribution >= 4 is 11.6 Å². The summed E-state index contributed by atoms with van der Waals surface area (Å²) < 4.78 is 5.56. The van der Waals surface area contributed by atoms with Crippen molar-refractivity contribution in [2.45, 2.75) is 39.5 Å². The number of nitrogens with zero attached hydrogens (tertiary/aromatic N) is 3. The number of anilines is 2. The summed E-state index contributed by atoms with van der Waals surface area (Å²) in [7, 11) is 1.69. The molecule has 0 aliphatic heterocycles. The molecule has 1 saturated carbocycles. The zero-order chi connectivity index (χ0) is 14.4. The highest BCUT2D eigenvalue weighted by molar-refractivity contribution is 5.64. The molecule has 0 unspecified atom stereocenters. The van der Waals surface area contributed by atoms with Gasteiger partial charge in [0, 0.05) is 19.6 Å². The van der Waals surface area contributed by atoms with Gasteiger partial charge in [-0.05, 0) is 32.1 Å². The van der Waals surface area contributed by atoms with Gasteiger partial charge in [-0.15, -0.1) is 0 Å². The van der Waals surface area contributed by atoms with Crippen LogP contribution in [0, 0.1) is 5.92 Å². The fraction of sp³-hybridized carbons (Fsp3) is 0.733. The summed E-state index contributed by atoms with van der Waals surface area (Å²) in [5.41, 5.74) is 0. The predicted octanol–water partition coefficient (Wildman–Crippen LogP) is 2.93. The lowest BCUT2D eigenvalue weighted by Gasteiger charge is -2.33. The van der Waals surface area contributed by atoms with Crippen molar-refractivity contribution in [1.82, 2.24) is 9.97 Å². The van der Waals surface area contributed by atoms with Crippen LogP contribution >= 0.6 is 0 Å². The maximum absolute atomic E-state index is 5.56. The van der Waals surface area contributed by atoms with Crippen molar-refractivity contribution < 1.29 is 4.74 Å². The number of aromatic nitrogens is 2. The Morgan fingerprint density at radius 2 is 2.15 bits per heavy atom. The highest BCUT2D eigenvalue weighted by Gasteiger charge is 2.23. The molecule has 0 aromatic carbocycles. The summed E-state index contributed by atoms with van der Waals surface area (Å²) in [6, 6.07) is 0. The molecule has 2 rings (SSSR count). The van der Waals surface area contributed by atoms with Gasteiger partial charge in [0.05, 0.1) is 7.11 Å². The van der Waals surface area contributed by atoms with Crippen LogP contribution in [0.4, 0.5) is 11.6 Å². The smallest absolute Gasteiger partial charge is 0.204 e. The maximum Gasteiger partial charge on any atom is 0.204 e. The number of hydrogen-bond acceptors (Lipinski definition) is 5. The van der Waals surface area contributed by atoms with Crippen molar-refractivity contribution in [3.05, 3.63) is 6.33 Å². The second kappa shape index (κ2) is 7.31. The lowest BCUT2D eigenvalue weighted by Crippen LogP contribution is -2.33. The lowest BCUT2D eigenvalue weighted by molar-refractivity contribution is 0.316. The van der Waals surface area contributed by atoms with Crippen molar-refractivity contribution in [1.29, 1.82) is 0 Å². The molecular weight excluding hydrogens is 252 g/mol. The molecule has 1 aromatic rings. The van der Waals surface area contributed by atoms with Crippen LogP contribution in [0.25, 0.3) is 0 Å². The van der Waals surface area contributed by atoms with E-state index in [1.165, 1.54) is 19.3 Å². The van der Waals surface area contributed by atoms with Crippen molar-refractivity contribution in [3.8, 4) is 5.75 Å². The third kappa shape index (κ3) is 3.32. The van der Waals surface area contributed by atoms with Gasteiger partial charge in [0.2, 0.25) is 5.75 Å². The van der Waals surface area contributed by atoms with Gasteiger partial charge >= 0.3 is 0 Å². The maximum atomic E-state index is 5.56. The van der Waals surface area contributed by atoms with E-state index in [9.17, 15) is 0 Å². The Labute approximate surface area is 121 Å². The van der Waals surface area contributed by atoms with Crippen LogP contribution in [0.1, 0.15) is 39.5 Å². The third-order valence-corrected chi connectivity index (χ3v) is 3.92. The zero-order valence-electron chi connectivity index (χ0n) is 12.9. The normalized spacial score (nSPS) is 14.8. The molecule has 0 amide bonds. The summed E-state index contributed by atoms with van der Waals surface area (Å²) in [6.45, 7) is 7.20. The van der Waals surface area contributed by atoms with Crippen LogP contribution in [0.15, 0.2) is 6.33 Å². The zero-order valence-corrected chi connectivity index (χ0v) is 12.9. The predicted molar refractivity (Wildman–Crippen MR) is 82.6 cm³/mol. The van der Waals surface area contributed by atoms with Gasteiger partial charge in [0.1, 0.15) is 6.33 Å². The Morgan fingerprint density at radius 3 is 2.70 bits per heavy atom. The molecule has 5 heteroatoms. The fourth-order valence-electron chi connectivity index (χ4n) is 2.50. The SMILES string of the molecule is CCCNc1ncnc(N(CC)CC2CCC2)c1OC. The van der Waals surface area contributed by atoms with Crippen LogP contribution in [0.5, 0.6) is 5.75 Å². The molecule has 1 N–H and O–H groups in total. The highest BCUT2D eigenvalue weighted by atomic mass is 16.5. The fourth-order valence-corrected chi connectivity index (χ4v) is 2.50. The molecule has 1 heterocycles. The monoisotopic (exact) mass is 278 g/mol. The van der Waals surface area contributed by atoms with Crippen LogP contribution in [0.2, 0.25) is 0 Å². The van der Waals surface area contributed by atoms with Gasteiger partial charge in [-0.3, -0.25) is 0 Å². The van der Waals surface area contributed by atoms with Crippen LogP contribution in [-0.2, 0) is 0 Å². The first-order valence-corrected chi connectivity index (χ1v) is 7.67. The van der Waals surface area contributed by atoms with E-state index in [0.29, 0.717) is 0 Å². The van der Waals surface area contributed by atoms with Crippen LogP contribution in [0.3, 0.4) is 0 Å². The van der Waals surface area contributed by atoms with Crippen molar-refractivity contribution in [2.24, 2.45) is 5.92 Å². The summed E-state index contributed by atoms with van der Waals surface area (Å²) in [6.07, 6.45) is 6.73. The molecule has 20 heavy (non-hydrogen) atoms. The first kappa shape index (κ1) is 14.9. The average molecular weight is 278 g/mol. The van der Waals surface area contributed by atoms with E-state index < -0.39 is 0 Å². The van der Waals surface area contributed by atoms with E-state index in [-0.39, 0.29) is 0 Å². The number of methoxy groups -OCH3 is 1. The summed E-state index contributed by atoms with van der Waals surface area (Å²) in [4.78, 5) is 11.1. The van der Waals surface area contributed by atoms with E-state index in [2.05, 4.69) is 34.0 Å². The van der Waals surface area contributed by atoms with E-state index in [0.717, 1.165) is 49.4 Å². The second-order valence-electron chi connectivity index (χ2n) is 5.34. The molecule has 5 nitrogen and oxygen atoms in total. The summed E-state index contributed by atoms with van der Waals surface area (Å²) >= 11 is 0. The van der Waals surface area contributed by atoms with Gasteiger partial charge in [-0.25, -0.2) is 9.97 Å². The minimum atomic E-state index is 0.766. The molecule has 0 saturated heterocycles. The first-order valence-electron chi connectivity index (χ1n) is 7.67. The standard InChI is InChI=1S/C15H26N4O/c1-4-9-16-14-13(20-3)15(18-11-17-14)19(5-2)10-12-7-6-8-12/h11-12H,4-10H2,1-3H3,(H,16,17,18). The Morgan fingerprint density at radius 1 is 1.35 bits per heavy atom. The molecule has 1 fully saturated rings. The van der Waals surface area contributed by atoms with E-state index >= 15 is 0 Å². The summed E-state index contributed by atoms with van der Waals surface area (Å²) in [5, 5.41) is 3.31. The quantitative estimate of drug-likeness (QED) is 0.792. The molecule has 0 spiro atoms. The van der Waals surface area contributed by atoms with Crippen LogP contribution in [-0.4, -0.2) is 36.7 Å². The molecule has 1 aromatic heterocycles. The Bertz CT molecular complexity index is 420. The minimum absolute atomic E-state index is 0.766. The van der Waals surface area contributed by atoms with E-state index in [4.69, 9.17) is 4.74 Å². The Hall–Kier alpha value is -1.52. The number of nitrogens with one attached hydrogen (secondary N) is 1. The lowest BCUT2D eigenvalue weighted by atomic mass is 9.85. The Balaban J connectivity index is 2.18. The van der Waals surface area contributed by atoms with Gasteiger partial charge in [0.15, 0.2) is 11.6 Å². The first-order chi connectivity index (χ1) is 9.80. The molecule has 0 bridgehead atoms. The van der Waals surface area contributed by atoms with Crippen molar-refractivity contribution in [2.75, 3.05) is 37.0 Å². The third-order valence-electron chi connectivity index (χ3n) is 3.92. The largest absolute Gasteiger partial charge is 0.490 e. The van der Waals surface area contributed by atoms with E-state index in [1.807, 2.05) is 0 Å².